The number of rotatable bonds is 1. The van der Waals surface area contributed by atoms with Crippen molar-refractivity contribution in [1.82, 2.24) is 4.98 Å². The van der Waals surface area contributed by atoms with Gasteiger partial charge in [-0.15, -0.1) is 0 Å². The number of hydrogen-bond donors (Lipinski definition) is 1. The second-order valence-electron chi connectivity index (χ2n) is 2.22. The molecule has 1 aromatic heterocycles. The number of nitrogens with two attached hydrogens (primary N) is 1. The zero-order valence-corrected chi connectivity index (χ0v) is 7.17. The summed E-state index contributed by atoms with van der Waals surface area (Å²) in [5.74, 6) is 5.13. The molecule has 0 radical (unpaired) electrons. The van der Waals surface area contributed by atoms with E-state index >= 15 is 0 Å². The lowest BCUT2D eigenvalue weighted by atomic mass is 10.2. The number of pyridine rings is 1. The fraction of sp³-hybridized carbons (Fsp3) is 0.222. The van der Waals surface area contributed by atoms with E-state index < -0.39 is 5.82 Å². The summed E-state index contributed by atoms with van der Waals surface area (Å²) in [7, 11) is 1.45. The normalized spacial score (nSPS) is 8.85. The summed E-state index contributed by atoms with van der Waals surface area (Å²) >= 11 is 0. The summed E-state index contributed by atoms with van der Waals surface area (Å²) in [5, 5.41) is 0. The number of hydrogen-bond acceptors (Lipinski definition) is 3. The molecule has 2 N–H and O–H groups in total. The van der Waals surface area contributed by atoms with Crippen LogP contribution in [-0.2, 0) is 0 Å². The molecule has 0 fully saturated rings. The Balaban J connectivity index is 3.08. The monoisotopic (exact) mass is 180 g/mol. The van der Waals surface area contributed by atoms with Crippen LogP contribution in [-0.4, -0.2) is 18.6 Å². The van der Waals surface area contributed by atoms with E-state index in [9.17, 15) is 4.39 Å². The Morgan fingerprint density at radius 1 is 1.69 bits per heavy atom. The summed E-state index contributed by atoms with van der Waals surface area (Å²) in [6, 6.07) is 1.26. The number of ether oxygens (including phenoxy) is 1. The summed E-state index contributed by atoms with van der Waals surface area (Å²) in [5.41, 5.74) is 5.59. The van der Waals surface area contributed by atoms with E-state index in [0.717, 1.165) is 6.20 Å². The third kappa shape index (κ3) is 2.42. The van der Waals surface area contributed by atoms with E-state index in [4.69, 9.17) is 10.5 Å². The molecule has 1 aromatic rings. The van der Waals surface area contributed by atoms with E-state index in [1.807, 2.05) is 0 Å². The Hall–Kier alpha value is -1.60. The molecule has 13 heavy (non-hydrogen) atoms. The van der Waals surface area contributed by atoms with Gasteiger partial charge in [-0.1, -0.05) is 11.8 Å². The van der Waals surface area contributed by atoms with Gasteiger partial charge < -0.3 is 10.5 Å². The van der Waals surface area contributed by atoms with Gasteiger partial charge in [0.05, 0.1) is 25.4 Å². The van der Waals surface area contributed by atoms with Crippen LogP contribution < -0.4 is 10.5 Å². The highest BCUT2D eigenvalue weighted by atomic mass is 19.1. The maximum Gasteiger partial charge on any atom is 0.229 e. The Kier molecular flexibility index (Phi) is 3.23. The summed E-state index contributed by atoms with van der Waals surface area (Å²) in [6.07, 6.45) is 1.08. The van der Waals surface area contributed by atoms with Crippen molar-refractivity contribution < 1.29 is 9.13 Å². The second-order valence-corrected chi connectivity index (χ2v) is 2.22. The highest BCUT2D eigenvalue weighted by Gasteiger charge is 2.02. The Morgan fingerprint density at radius 2 is 2.46 bits per heavy atom. The molecule has 1 heterocycles. The number of aromatic nitrogens is 1. The molecule has 68 valence electrons. The molecule has 0 aliphatic heterocycles. The Labute approximate surface area is 75.7 Å². The van der Waals surface area contributed by atoms with Gasteiger partial charge >= 0.3 is 0 Å². The van der Waals surface area contributed by atoms with Crippen LogP contribution in [0.3, 0.4) is 0 Å². The quantitative estimate of drug-likeness (QED) is 0.641. The molecule has 0 unspecified atom stereocenters. The zero-order valence-electron chi connectivity index (χ0n) is 7.17. The largest absolute Gasteiger partial charge is 0.480 e. The smallest absolute Gasteiger partial charge is 0.229 e. The van der Waals surface area contributed by atoms with Crippen LogP contribution in [0.15, 0.2) is 12.3 Å². The van der Waals surface area contributed by atoms with Gasteiger partial charge in [-0.25, -0.2) is 9.37 Å². The van der Waals surface area contributed by atoms with Crippen LogP contribution in [0, 0.1) is 17.7 Å². The average Bonchev–Trinajstić information content (AvgIpc) is 2.15. The third-order valence-corrected chi connectivity index (χ3v) is 1.34. The molecule has 1 rings (SSSR count). The topological polar surface area (TPSA) is 48.1 Å². The molecule has 0 aromatic carbocycles. The Morgan fingerprint density at radius 3 is 3.08 bits per heavy atom. The number of halogens is 1. The summed E-state index contributed by atoms with van der Waals surface area (Å²) < 4.78 is 17.6. The average molecular weight is 180 g/mol. The SMILES string of the molecule is COc1ncc(F)cc1C#CCN. The van der Waals surface area contributed by atoms with Crippen molar-refractivity contribution in [3.63, 3.8) is 0 Å². The van der Waals surface area contributed by atoms with E-state index in [1.54, 1.807) is 0 Å². The van der Waals surface area contributed by atoms with E-state index in [-0.39, 0.29) is 6.54 Å². The van der Waals surface area contributed by atoms with Gasteiger partial charge in [0.1, 0.15) is 5.82 Å². The summed E-state index contributed by atoms with van der Waals surface area (Å²) in [4.78, 5) is 3.71. The first-order valence-corrected chi connectivity index (χ1v) is 3.66. The lowest BCUT2D eigenvalue weighted by Crippen LogP contribution is -1.95. The van der Waals surface area contributed by atoms with Crippen LogP contribution >= 0.6 is 0 Å². The van der Waals surface area contributed by atoms with Gasteiger partial charge in [-0.05, 0) is 6.07 Å². The minimum Gasteiger partial charge on any atom is -0.480 e. The fourth-order valence-corrected chi connectivity index (χ4v) is 0.825. The van der Waals surface area contributed by atoms with Crippen LogP contribution in [0.25, 0.3) is 0 Å². The highest BCUT2D eigenvalue weighted by Crippen LogP contribution is 2.13. The van der Waals surface area contributed by atoms with Crippen molar-refractivity contribution in [2.45, 2.75) is 0 Å². The lowest BCUT2D eigenvalue weighted by molar-refractivity contribution is 0.394. The van der Waals surface area contributed by atoms with Crippen molar-refractivity contribution >= 4 is 0 Å². The molecule has 4 heteroatoms. The molecule has 0 saturated heterocycles. The van der Waals surface area contributed by atoms with Crippen molar-refractivity contribution in [2.75, 3.05) is 13.7 Å². The van der Waals surface area contributed by atoms with Crippen molar-refractivity contribution in [1.29, 1.82) is 0 Å². The van der Waals surface area contributed by atoms with Gasteiger partial charge in [0.25, 0.3) is 0 Å². The predicted octanol–water partition coefficient (Wildman–Crippen LogP) is 0.539. The summed E-state index contributed by atoms with van der Waals surface area (Å²) in [6.45, 7) is 0.222. The van der Waals surface area contributed by atoms with E-state index in [2.05, 4.69) is 16.8 Å². The molecule has 0 atom stereocenters. The highest BCUT2D eigenvalue weighted by molar-refractivity contribution is 5.41. The first kappa shape index (κ1) is 9.49. The molecule has 3 nitrogen and oxygen atoms in total. The van der Waals surface area contributed by atoms with E-state index in [0.29, 0.717) is 11.4 Å². The van der Waals surface area contributed by atoms with E-state index in [1.165, 1.54) is 13.2 Å². The zero-order chi connectivity index (χ0) is 9.68. The lowest BCUT2D eigenvalue weighted by Gasteiger charge is -2.00. The van der Waals surface area contributed by atoms with Crippen LogP contribution in [0.2, 0.25) is 0 Å². The molecular weight excluding hydrogens is 171 g/mol. The van der Waals surface area contributed by atoms with Gasteiger partial charge in [-0.2, -0.15) is 0 Å². The molecule has 0 spiro atoms. The molecule has 0 amide bonds. The first-order valence-electron chi connectivity index (χ1n) is 3.66. The minimum absolute atomic E-state index is 0.222. The molecular formula is C9H9FN2O. The standard InChI is InChI=1S/C9H9FN2O/c1-13-9-7(3-2-4-11)5-8(10)6-12-9/h5-6H,4,11H2,1H3. The van der Waals surface area contributed by atoms with Crippen molar-refractivity contribution in [3.05, 3.63) is 23.6 Å². The van der Waals surface area contributed by atoms with Gasteiger partial charge in [-0.3, -0.25) is 0 Å². The molecule has 0 aliphatic carbocycles. The first-order chi connectivity index (χ1) is 6.27. The van der Waals surface area contributed by atoms with Crippen molar-refractivity contribution in [3.8, 4) is 17.7 Å². The third-order valence-electron chi connectivity index (χ3n) is 1.34. The Bertz CT molecular complexity index is 354. The molecule has 0 aliphatic rings. The number of nitrogens with zero attached hydrogens (tertiary/aromatic N) is 1. The molecule has 0 saturated carbocycles. The number of methoxy groups -OCH3 is 1. The molecule has 0 bridgehead atoms. The van der Waals surface area contributed by atoms with Crippen LogP contribution in [0.4, 0.5) is 4.39 Å². The maximum absolute atomic E-state index is 12.7. The second kappa shape index (κ2) is 4.43. The minimum atomic E-state index is -0.442. The van der Waals surface area contributed by atoms with Gasteiger partial charge in [0.15, 0.2) is 0 Å². The van der Waals surface area contributed by atoms with Crippen LogP contribution in [0.5, 0.6) is 5.88 Å². The predicted molar refractivity (Wildman–Crippen MR) is 46.7 cm³/mol. The van der Waals surface area contributed by atoms with Gasteiger partial charge in [0.2, 0.25) is 5.88 Å². The maximum atomic E-state index is 12.7. The van der Waals surface area contributed by atoms with Crippen molar-refractivity contribution in [2.24, 2.45) is 5.73 Å². The van der Waals surface area contributed by atoms with Gasteiger partial charge in [0, 0.05) is 0 Å². The van der Waals surface area contributed by atoms with Crippen LogP contribution in [0.1, 0.15) is 5.56 Å². The fourth-order valence-electron chi connectivity index (χ4n) is 0.825.